The van der Waals surface area contributed by atoms with Crippen LogP contribution in [0.25, 0.3) is 0 Å². The zero-order valence-electron chi connectivity index (χ0n) is 10.9. The minimum atomic E-state index is -0.871. The molecule has 2 saturated carbocycles. The van der Waals surface area contributed by atoms with Crippen molar-refractivity contribution in [3.05, 3.63) is 29.8 Å². The summed E-state index contributed by atoms with van der Waals surface area (Å²) >= 11 is 0. The van der Waals surface area contributed by atoms with Gasteiger partial charge in [0.2, 0.25) is 5.82 Å². The maximum Gasteiger partial charge on any atom is 0.200 e. The number of benzene rings is 1. The Kier molecular flexibility index (Phi) is 3.44. The van der Waals surface area contributed by atoms with E-state index >= 15 is 0 Å². The topological polar surface area (TPSA) is 21.3 Å². The van der Waals surface area contributed by atoms with Crippen LogP contribution in [0, 0.1) is 11.6 Å². The van der Waals surface area contributed by atoms with Gasteiger partial charge in [-0.05, 0) is 57.2 Å². The molecule has 2 aliphatic rings. The van der Waals surface area contributed by atoms with Gasteiger partial charge in [0.05, 0.1) is 0 Å². The van der Waals surface area contributed by atoms with Gasteiger partial charge in [0.25, 0.3) is 0 Å². The largest absolute Gasteiger partial charge is 0.484 e. The van der Waals surface area contributed by atoms with Gasteiger partial charge in [-0.1, -0.05) is 6.07 Å². The van der Waals surface area contributed by atoms with Crippen molar-refractivity contribution in [2.45, 2.75) is 50.2 Å². The lowest BCUT2D eigenvalue weighted by Crippen LogP contribution is -2.45. The third kappa shape index (κ3) is 2.89. The van der Waals surface area contributed by atoms with Crippen molar-refractivity contribution < 1.29 is 13.5 Å². The van der Waals surface area contributed by atoms with Crippen molar-refractivity contribution >= 4 is 0 Å². The molecule has 1 aromatic rings. The summed E-state index contributed by atoms with van der Waals surface area (Å²) in [5, 5.41) is 3.44. The summed E-state index contributed by atoms with van der Waals surface area (Å²) in [6, 6.07) is 4.78. The Morgan fingerprint density at radius 1 is 1.26 bits per heavy atom. The lowest BCUT2D eigenvalue weighted by molar-refractivity contribution is -0.0176. The molecule has 0 heterocycles. The molecular weight excluding hydrogens is 248 g/mol. The zero-order valence-corrected chi connectivity index (χ0v) is 10.9. The Bertz CT molecular complexity index is 455. The summed E-state index contributed by atoms with van der Waals surface area (Å²) in [7, 11) is 0. The second-order valence-corrected chi connectivity index (χ2v) is 5.67. The van der Waals surface area contributed by atoms with E-state index in [4.69, 9.17) is 4.74 Å². The molecule has 2 nitrogen and oxygen atoms in total. The summed E-state index contributed by atoms with van der Waals surface area (Å²) in [6.45, 7) is 0.890. The maximum atomic E-state index is 13.6. The highest BCUT2D eigenvalue weighted by atomic mass is 19.2. The predicted molar refractivity (Wildman–Crippen MR) is 69.2 cm³/mol. The average Bonchev–Trinajstić information content (AvgIpc) is 3.15. The minimum absolute atomic E-state index is 0.0473. The van der Waals surface area contributed by atoms with Gasteiger partial charge in [0, 0.05) is 6.04 Å². The fraction of sp³-hybridized carbons (Fsp3) is 0.600. The molecule has 0 aliphatic heterocycles. The first-order chi connectivity index (χ1) is 9.19. The molecule has 1 N–H and O–H groups in total. The van der Waals surface area contributed by atoms with E-state index in [1.54, 1.807) is 0 Å². The third-order valence-electron chi connectivity index (χ3n) is 4.10. The summed E-state index contributed by atoms with van der Waals surface area (Å²) in [5.41, 5.74) is -0.295. The number of hydrogen-bond acceptors (Lipinski definition) is 2. The lowest BCUT2D eigenvalue weighted by Gasteiger charge is -2.42. The second kappa shape index (κ2) is 5.08. The molecule has 3 rings (SSSR count). The summed E-state index contributed by atoms with van der Waals surface area (Å²) in [5.74, 6) is -1.67. The van der Waals surface area contributed by atoms with Gasteiger partial charge < -0.3 is 10.1 Å². The molecule has 0 amide bonds. The first-order valence-corrected chi connectivity index (χ1v) is 7.05. The monoisotopic (exact) mass is 267 g/mol. The number of nitrogens with one attached hydrogen (secondary N) is 1. The van der Waals surface area contributed by atoms with Crippen molar-refractivity contribution in [3.8, 4) is 5.75 Å². The van der Waals surface area contributed by atoms with Gasteiger partial charge in [-0.2, -0.15) is 4.39 Å². The molecule has 0 atom stereocenters. The van der Waals surface area contributed by atoms with E-state index in [1.165, 1.54) is 25.0 Å². The molecule has 0 bridgehead atoms. The van der Waals surface area contributed by atoms with Crippen molar-refractivity contribution in [1.29, 1.82) is 0 Å². The molecule has 104 valence electrons. The summed E-state index contributed by atoms with van der Waals surface area (Å²) < 4.78 is 32.6. The van der Waals surface area contributed by atoms with E-state index in [1.807, 2.05) is 0 Å². The fourth-order valence-electron chi connectivity index (χ4n) is 2.56. The Labute approximate surface area is 112 Å². The Balaban J connectivity index is 1.62. The molecule has 0 spiro atoms. The molecule has 19 heavy (non-hydrogen) atoms. The fourth-order valence-corrected chi connectivity index (χ4v) is 2.56. The van der Waals surface area contributed by atoms with Crippen LogP contribution in [0.15, 0.2) is 18.2 Å². The quantitative estimate of drug-likeness (QED) is 0.853. The molecule has 0 radical (unpaired) electrons. The van der Waals surface area contributed by atoms with E-state index in [0.717, 1.165) is 38.3 Å². The Hall–Kier alpha value is -1.16. The van der Waals surface area contributed by atoms with Crippen LogP contribution in [0.1, 0.15) is 38.5 Å². The van der Waals surface area contributed by atoms with Crippen LogP contribution >= 0.6 is 0 Å². The van der Waals surface area contributed by atoms with Crippen molar-refractivity contribution in [1.82, 2.24) is 5.32 Å². The van der Waals surface area contributed by atoms with E-state index in [-0.39, 0.29) is 11.4 Å². The van der Waals surface area contributed by atoms with Gasteiger partial charge in [0.1, 0.15) is 5.60 Å². The van der Waals surface area contributed by atoms with Gasteiger partial charge in [0.15, 0.2) is 11.6 Å². The molecule has 2 aliphatic carbocycles. The predicted octanol–water partition coefficient (Wildman–Crippen LogP) is 3.41. The van der Waals surface area contributed by atoms with Crippen LogP contribution in [0.3, 0.4) is 0 Å². The molecule has 4 heteroatoms. The van der Waals surface area contributed by atoms with Crippen LogP contribution in [-0.4, -0.2) is 18.2 Å². The Morgan fingerprint density at radius 3 is 2.68 bits per heavy atom. The highest BCUT2D eigenvalue weighted by Gasteiger charge is 2.40. The van der Waals surface area contributed by atoms with Gasteiger partial charge in [-0.3, -0.25) is 0 Å². The molecule has 0 saturated heterocycles. The van der Waals surface area contributed by atoms with Gasteiger partial charge in [-0.25, -0.2) is 4.39 Å². The van der Waals surface area contributed by atoms with E-state index in [2.05, 4.69) is 5.32 Å². The molecule has 1 aromatic carbocycles. The van der Waals surface area contributed by atoms with E-state index < -0.39 is 11.6 Å². The highest BCUT2D eigenvalue weighted by Crippen LogP contribution is 2.40. The van der Waals surface area contributed by atoms with Crippen LogP contribution in [-0.2, 0) is 0 Å². The van der Waals surface area contributed by atoms with Crippen LogP contribution in [0.5, 0.6) is 5.75 Å². The van der Waals surface area contributed by atoms with Crippen LogP contribution in [0.4, 0.5) is 8.78 Å². The summed E-state index contributed by atoms with van der Waals surface area (Å²) in [4.78, 5) is 0. The standard InChI is InChI=1S/C15H19F2NO/c16-12-3-1-4-13(14(12)17)19-15(7-2-8-15)9-10-18-11-5-6-11/h1,3-4,11,18H,2,5-10H2. The van der Waals surface area contributed by atoms with E-state index in [0.29, 0.717) is 6.04 Å². The lowest BCUT2D eigenvalue weighted by atomic mass is 9.77. The molecular formula is C15H19F2NO. The zero-order chi connectivity index (χ0) is 13.3. The van der Waals surface area contributed by atoms with Crippen molar-refractivity contribution in [2.24, 2.45) is 0 Å². The highest BCUT2D eigenvalue weighted by molar-refractivity contribution is 5.26. The molecule has 0 aromatic heterocycles. The minimum Gasteiger partial charge on any atom is -0.484 e. The first-order valence-electron chi connectivity index (χ1n) is 7.05. The van der Waals surface area contributed by atoms with Crippen molar-refractivity contribution in [3.63, 3.8) is 0 Å². The maximum absolute atomic E-state index is 13.6. The van der Waals surface area contributed by atoms with Crippen molar-refractivity contribution in [2.75, 3.05) is 6.54 Å². The van der Waals surface area contributed by atoms with Gasteiger partial charge >= 0.3 is 0 Å². The van der Waals surface area contributed by atoms with Gasteiger partial charge in [-0.15, -0.1) is 0 Å². The first kappa shape index (κ1) is 12.9. The Morgan fingerprint density at radius 2 is 2.05 bits per heavy atom. The molecule has 2 fully saturated rings. The number of halogens is 2. The summed E-state index contributed by atoms with van der Waals surface area (Å²) in [6.07, 6.45) is 6.32. The normalized spacial score (nSPS) is 20.9. The third-order valence-corrected chi connectivity index (χ3v) is 4.10. The number of ether oxygens (including phenoxy) is 1. The SMILES string of the molecule is Fc1cccc(OC2(CCNC3CC3)CCC2)c1F. The second-order valence-electron chi connectivity index (χ2n) is 5.67. The molecule has 0 unspecified atom stereocenters. The number of rotatable bonds is 6. The van der Waals surface area contributed by atoms with Crippen LogP contribution < -0.4 is 10.1 Å². The van der Waals surface area contributed by atoms with E-state index in [9.17, 15) is 8.78 Å². The van der Waals surface area contributed by atoms with Crippen LogP contribution in [0.2, 0.25) is 0 Å². The smallest absolute Gasteiger partial charge is 0.200 e. The average molecular weight is 267 g/mol. The number of hydrogen-bond donors (Lipinski definition) is 1.